The summed E-state index contributed by atoms with van der Waals surface area (Å²) in [6, 6.07) is 0. The Morgan fingerprint density at radius 1 is 1.09 bits per heavy atom. The molecule has 2 nitrogen and oxygen atoms in total. The molecule has 0 aliphatic rings. The Morgan fingerprint density at radius 3 is 1.64 bits per heavy atom. The predicted molar refractivity (Wildman–Crippen MR) is 48.4 cm³/mol. The first-order valence-corrected chi connectivity index (χ1v) is 5.92. The topological polar surface area (TPSA) is 18.5 Å². The second-order valence-corrected chi connectivity index (χ2v) is 5.07. The van der Waals surface area contributed by atoms with Crippen molar-refractivity contribution in [3.63, 3.8) is 0 Å². The minimum absolute atomic E-state index is 0.271. The highest BCUT2D eigenvalue weighted by atomic mass is 27.2. The van der Waals surface area contributed by atoms with Crippen LogP contribution in [0, 0.1) is 6.92 Å². The van der Waals surface area contributed by atoms with Crippen molar-refractivity contribution in [3.8, 4) is 0 Å². The molecule has 0 fully saturated rings. The van der Waals surface area contributed by atoms with Gasteiger partial charge in [-0.3, -0.25) is 0 Å². The van der Waals surface area contributed by atoms with Crippen LogP contribution in [0.25, 0.3) is 0 Å². The zero-order valence-electron chi connectivity index (χ0n) is 7.96. The van der Waals surface area contributed by atoms with Gasteiger partial charge in [-0.25, -0.2) is 0 Å². The second kappa shape index (κ2) is 6.02. The lowest BCUT2D eigenvalue weighted by molar-refractivity contribution is 0.131. The highest BCUT2D eigenvalue weighted by Gasteiger charge is 2.24. The maximum absolute atomic E-state index is 5.56. The van der Waals surface area contributed by atoms with Crippen LogP contribution in [0.3, 0.4) is 0 Å². The molecule has 0 aliphatic heterocycles. The van der Waals surface area contributed by atoms with Crippen LogP contribution >= 0.6 is 0 Å². The lowest BCUT2D eigenvalue weighted by Crippen LogP contribution is -2.28. The zero-order valence-corrected chi connectivity index (χ0v) is 9.12. The van der Waals surface area contributed by atoms with E-state index in [0.29, 0.717) is 0 Å². The van der Waals surface area contributed by atoms with Gasteiger partial charge in [-0.15, -0.1) is 0 Å². The van der Waals surface area contributed by atoms with E-state index < -0.39 is 14.8 Å². The van der Waals surface area contributed by atoms with Gasteiger partial charge in [-0.2, -0.15) is 0 Å². The van der Waals surface area contributed by atoms with Gasteiger partial charge in [0.05, 0.1) is 0 Å². The minimum Gasteiger partial charge on any atom is -0.476 e. The average Bonchev–Trinajstić information content (AvgIpc) is 1.84. The fraction of sp³-hybridized carbons (Fsp3) is 0.875. The normalized spacial score (nSPS) is 11.2. The molecule has 0 amide bonds. The van der Waals surface area contributed by atoms with Crippen LogP contribution < -0.4 is 0 Å². The third-order valence-corrected chi connectivity index (χ3v) is 3.25. The molecule has 0 aliphatic carbocycles. The Bertz CT molecular complexity index is 84.1. The first-order chi connectivity index (χ1) is 5.06. The lowest BCUT2D eigenvalue weighted by Gasteiger charge is -2.17. The molecular weight excluding hydrogens is 155 g/mol. The molecule has 11 heavy (non-hydrogen) atoms. The number of rotatable bonds is 5. The standard InChI is InChI=1S/2C3H7O.C2H4.Al/c2*1-3(2)4;1-2;/h2*3H,1-2H3;1-2H2;/q2*-1;;+2. The predicted octanol–water partition coefficient (Wildman–Crippen LogP) is 2.16. The highest BCUT2D eigenvalue weighted by molar-refractivity contribution is 6.44. The van der Waals surface area contributed by atoms with E-state index >= 15 is 0 Å². The molecule has 1 radical (unpaired) electrons. The summed E-state index contributed by atoms with van der Waals surface area (Å²) in [5.41, 5.74) is 0. The van der Waals surface area contributed by atoms with E-state index in [1.54, 1.807) is 0 Å². The smallest absolute Gasteiger partial charge is 0.476 e. The first-order valence-electron chi connectivity index (χ1n) is 4.16. The zero-order chi connectivity index (χ0) is 8.85. The van der Waals surface area contributed by atoms with E-state index in [9.17, 15) is 0 Å². The molecule has 3 heteroatoms. The maximum Gasteiger partial charge on any atom is 0.674 e. The van der Waals surface area contributed by atoms with Gasteiger partial charge in [0.15, 0.2) is 0 Å². The molecule has 0 N–H and O–H groups in total. The summed E-state index contributed by atoms with van der Waals surface area (Å²) in [4.78, 5) is 0. The Kier molecular flexibility index (Phi) is 6.27. The molecule has 0 spiro atoms. The van der Waals surface area contributed by atoms with Gasteiger partial charge in [0.2, 0.25) is 0 Å². The van der Waals surface area contributed by atoms with E-state index in [0.717, 1.165) is 5.28 Å². The summed E-state index contributed by atoms with van der Waals surface area (Å²) in [6.07, 6.45) is 0.541. The van der Waals surface area contributed by atoms with Crippen molar-refractivity contribution < 1.29 is 7.58 Å². The summed E-state index contributed by atoms with van der Waals surface area (Å²) < 4.78 is 11.1. The van der Waals surface area contributed by atoms with Crippen LogP contribution in [-0.4, -0.2) is 27.0 Å². The van der Waals surface area contributed by atoms with Crippen molar-refractivity contribution in [1.82, 2.24) is 0 Å². The number of hydrogen-bond acceptors (Lipinski definition) is 2. The molecule has 65 valence electrons. The Hall–Kier alpha value is 0.452. The van der Waals surface area contributed by atoms with Gasteiger partial charge in [-0.05, 0) is 33.0 Å². The van der Waals surface area contributed by atoms with Gasteiger partial charge in [0.25, 0.3) is 0 Å². The highest BCUT2D eigenvalue weighted by Crippen LogP contribution is 2.03. The first kappa shape index (κ1) is 11.5. The van der Waals surface area contributed by atoms with Gasteiger partial charge in [0.1, 0.15) is 0 Å². The van der Waals surface area contributed by atoms with Crippen molar-refractivity contribution in [2.24, 2.45) is 0 Å². The van der Waals surface area contributed by atoms with E-state index in [1.807, 2.05) is 27.7 Å². The fourth-order valence-electron chi connectivity index (χ4n) is 0.775. The Morgan fingerprint density at radius 2 is 1.45 bits per heavy atom. The minimum atomic E-state index is -1.44. The third kappa shape index (κ3) is 6.84. The fourth-order valence-corrected chi connectivity index (χ4v) is 2.33. The quantitative estimate of drug-likeness (QED) is 0.593. The van der Waals surface area contributed by atoms with E-state index in [1.165, 1.54) is 0 Å². The summed E-state index contributed by atoms with van der Waals surface area (Å²) in [7, 11) is 0. The van der Waals surface area contributed by atoms with Gasteiger partial charge >= 0.3 is 14.8 Å². The Labute approximate surface area is 74.9 Å². The molecule has 0 atom stereocenters. The van der Waals surface area contributed by atoms with E-state index in [4.69, 9.17) is 7.58 Å². The molecule has 0 saturated carbocycles. The van der Waals surface area contributed by atoms with Gasteiger partial charge < -0.3 is 7.58 Å². The SMILES string of the molecule is [CH2][CH2][Al]([O]C(C)C)[O]C(C)C. The molecule has 0 rings (SSSR count). The lowest BCUT2D eigenvalue weighted by atomic mass is 10.5. The van der Waals surface area contributed by atoms with Crippen LogP contribution in [0.2, 0.25) is 5.28 Å². The van der Waals surface area contributed by atoms with Crippen LogP contribution in [-0.2, 0) is 7.58 Å². The van der Waals surface area contributed by atoms with Crippen molar-refractivity contribution >= 4 is 14.8 Å². The van der Waals surface area contributed by atoms with E-state index in [-0.39, 0.29) is 12.2 Å². The molecule has 0 saturated heterocycles. The molecule has 0 aromatic carbocycles. The van der Waals surface area contributed by atoms with Crippen molar-refractivity contribution in [1.29, 1.82) is 0 Å². The summed E-state index contributed by atoms with van der Waals surface area (Å²) >= 11 is -1.44. The van der Waals surface area contributed by atoms with Crippen LogP contribution in [0.15, 0.2) is 0 Å². The Balaban J connectivity index is 3.58. The summed E-state index contributed by atoms with van der Waals surface area (Å²) in [5.74, 6) is 0. The largest absolute Gasteiger partial charge is 0.674 e. The number of hydrogen-bond donors (Lipinski definition) is 0. The van der Waals surface area contributed by atoms with Crippen molar-refractivity contribution in [3.05, 3.63) is 6.92 Å². The van der Waals surface area contributed by atoms with Crippen LogP contribution in [0.5, 0.6) is 0 Å². The van der Waals surface area contributed by atoms with Crippen molar-refractivity contribution in [2.75, 3.05) is 0 Å². The molecule has 0 aromatic rings. The van der Waals surface area contributed by atoms with Gasteiger partial charge in [0, 0.05) is 12.2 Å². The summed E-state index contributed by atoms with van der Waals surface area (Å²) in [6.45, 7) is 11.9. The summed E-state index contributed by atoms with van der Waals surface area (Å²) in [5, 5.41) is 0.802. The van der Waals surface area contributed by atoms with Gasteiger partial charge in [-0.1, -0.05) is 6.92 Å². The van der Waals surface area contributed by atoms with E-state index in [2.05, 4.69) is 6.92 Å². The van der Waals surface area contributed by atoms with Crippen LogP contribution in [0.4, 0.5) is 0 Å². The second-order valence-electron chi connectivity index (χ2n) is 3.09. The average molecular weight is 173 g/mol. The molecule has 0 heterocycles. The molecule has 0 aromatic heterocycles. The van der Waals surface area contributed by atoms with Crippen LogP contribution in [0.1, 0.15) is 27.7 Å². The molecular formula is C8H18AlO2. The van der Waals surface area contributed by atoms with Crippen molar-refractivity contribution in [2.45, 2.75) is 45.2 Å². The molecule has 0 unspecified atom stereocenters. The molecule has 0 bridgehead atoms. The third-order valence-electron chi connectivity index (χ3n) is 1.08. The maximum atomic E-state index is 5.56. The monoisotopic (exact) mass is 173 g/mol.